The predicted octanol–water partition coefficient (Wildman–Crippen LogP) is 4.55. The molecule has 1 fully saturated rings. The van der Waals surface area contributed by atoms with Crippen LogP contribution in [0.15, 0.2) is 12.1 Å². The minimum atomic E-state index is -0.450. The van der Waals surface area contributed by atoms with Crippen molar-refractivity contribution in [1.29, 1.82) is 0 Å². The highest BCUT2D eigenvalue weighted by atomic mass is 35.5. The van der Waals surface area contributed by atoms with Crippen molar-refractivity contribution in [2.24, 2.45) is 5.41 Å². The molecule has 1 aliphatic carbocycles. The number of hydrogen-bond acceptors (Lipinski definition) is 2. The fraction of sp³-hybridized carbons (Fsp3) is 0.533. The van der Waals surface area contributed by atoms with E-state index >= 15 is 0 Å². The molecule has 1 aromatic carbocycles. The van der Waals surface area contributed by atoms with Gasteiger partial charge in [0.2, 0.25) is 5.95 Å². The Morgan fingerprint density at radius 1 is 1.35 bits per heavy atom. The molecule has 20 heavy (non-hydrogen) atoms. The smallest absolute Gasteiger partial charge is 0.201 e. The van der Waals surface area contributed by atoms with E-state index in [2.05, 4.69) is 18.8 Å². The molecule has 0 spiro atoms. The van der Waals surface area contributed by atoms with E-state index < -0.39 is 5.82 Å². The van der Waals surface area contributed by atoms with Gasteiger partial charge in [-0.3, -0.25) is 0 Å². The van der Waals surface area contributed by atoms with E-state index in [9.17, 15) is 4.39 Å². The summed E-state index contributed by atoms with van der Waals surface area (Å²) in [7, 11) is 0. The van der Waals surface area contributed by atoms with Crippen molar-refractivity contribution >= 4 is 28.6 Å². The molecule has 0 saturated heterocycles. The molecule has 0 aliphatic heterocycles. The molecule has 3 rings (SSSR count). The Hall–Kier alpha value is -1.29. The van der Waals surface area contributed by atoms with Gasteiger partial charge in [0.1, 0.15) is 5.82 Å². The van der Waals surface area contributed by atoms with E-state index in [1.165, 1.54) is 6.07 Å². The van der Waals surface area contributed by atoms with Crippen LogP contribution in [0.25, 0.3) is 11.0 Å². The van der Waals surface area contributed by atoms with Gasteiger partial charge in [-0.25, -0.2) is 9.37 Å². The second kappa shape index (κ2) is 4.62. The summed E-state index contributed by atoms with van der Waals surface area (Å²) in [5.41, 5.74) is 7.84. The van der Waals surface area contributed by atoms with Gasteiger partial charge >= 0.3 is 0 Å². The van der Waals surface area contributed by atoms with Crippen LogP contribution in [0.2, 0.25) is 5.02 Å². The van der Waals surface area contributed by atoms with Gasteiger partial charge in [0.15, 0.2) is 0 Å². The summed E-state index contributed by atoms with van der Waals surface area (Å²) in [6, 6.07) is 3.32. The van der Waals surface area contributed by atoms with Crippen molar-refractivity contribution < 1.29 is 4.39 Å². The van der Waals surface area contributed by atoms with Crippen LogP contribution < -0.4 is 5.73 Å². The number of benzene rings is 1. The summed E-state index contributed by atoms with van der Waals surface area (Å²) in [5.74, 6) is -0.0000306. The van der Waals surface area contributed by atoms with Crippen LogP contribution in [0, 0.1) is 11.2 Å². The first-order chi connectivity index (χ1) is 9.37. The number of halogens is 2. The molecule has 0 unspecified atom stereocenters. The maximum atomic E-state index is 13.5. The van der Waals surface area contributed by atoms with Gasteiger partial charge in [0.05, 0.1) is 16.1 Å². The summed E-state index contributed by atoms with van der Waals surface area (Å²) in [4.78, 5) is 4.27. The third-order valence-electron chi connectivity index (χ3n) is 4.43. The normalized spacial score (nSPS) is 19.6. The molecular formula is C15H19ClFN3. The molecule has 1 saturated carbocycles. The Balaban J connectivity index is 2.03. The van der Waals surface area contributed by atoms with Gasteiger partial charge in [-0.1, -0.05) is 25.4 Å². The quantitative estimate of drug-likeness (QED) is 0.838. The second-order valence-corrected chi connectivity index (χ2v) is 6.90. The molecule has 0 radical (unpaired) electrons. The van der Waals surface area contributed by atoms with Crippen LogP contribution in [-0.4, -0.2) is 9.55 Å². The van der Waals surface area contributed by atoms with Crippen LogP contribution >= 0.6 is 11.6 Å². The van der Waals surface area contributed by atoms with E-state index in [1.807, 2.05) is 4.57 Å². The van der Waals surface area contributed by atoms with Crippen LogP contribution in [0.3, 0.4) is 0 Å². The molecule has 0 amide bonds. The van der Waals surface area contributed by atoms with E-state index in [1.54, 1.807) is 6.07 Å². The molecule has 5 heteroatoms. The lowest BCUT2D eigenvalue weighted by atomic mass is 9.75. The zero-order chi connectivity index (χ0) is 14.5. The highest BCUT2D eigenvalue weighted by molar-refractivity contribution is 6.31. The standard InChI is InChI=1S/C15H19ClFN3/c1-15(2)5-3-9(4-6-15)20-13-7-10(16)11(17)8-12(13)19-14(20)18/h7-9H,3-6H2,1-2H3,(H2,18,19). The Kier molecular flexibility index (Phi) is 3.16. The first-order valence-electron chi connectivity index (χ1n) is 7.00. The number of aromatic nitrogens is 2. The Labute approximate surface area is 122 Å². The van der Waals surface area contributed by atoms with E-state index in [4.69, 9.17) is 17.3 Å². The van der Waals surface area contributed by atoms with Crippen LogP contribution in [0.5, 0.6) is 0 Å². The third-order valence-corrected chi connectivity index (χ3v) is 4.72. The summed E-state index contributed by atoms with van der Waals surface area (Å²) >= 11 is 5.90. The van der Waals surface area contributed by atoms with E-state index in [-0.39, 0.29) is 5.02 Å². The highest BCUT2D eigenvalue weighted by Gasteiger charge is 2.29. The van der Waals surface area contributed by atoms with Gasteiger partial charge in [0.25, 0.3) is 0 Å². The molecule has 2 aromatic rings. The summed E-state index contributed by atoms with van der Waals surface area (Å²) in [6.45, 7) is 4.59. The van der Waals surface area contributed by atoms with Crippen molar-refractivity contribution in [1.82, 2.24) is 9.55 Å². The molecule has 0 atom stereocenters. The van der Waals surface area contributed by atoms with Crippen molar-refractivity contribution in [3.8, 4) is 0 Å². The summed E-state index contributed by atoms with van der Waals surface area (Å²) in [5, 5.41) is 0.120. The fourth-order valence-corrected chi connectivity index (χ4v) is 3.29. The maximum Gasteiger partial charge on any atom is 0.201 e. The van der Waals surface area contributed by atoms with Gasteiger partial charge in [-0.2, -0.15) is 0 Å². The molecule has 1 aromatic heterocycles. The Morgan fingerprint density at radius 3 is 2.65 bits per heavy atom. The molecule has 1 heterocycles. The first-order valence-corrected chi connectivity index (χ1v) is 7.38. The monoisotopic (exact) mass is 295 g/mol. The van der Waals surface area contributed by atoms with Crippen molar-refractivity contribution in [3.05, 3.63) is 23.0 Å². The largest absolute Gasteiger partial charge is 0.369 e. The lowest BCUT2D eigenvalue weighted by Gasteiger charge is -2.35. The van der Waals surface area contributed by atoms with E-state index in [0.29, 0.717) is 22.9 Å². The van der Waals surface area contributed by atoms with Crippen molar-refractivity contribution in [3.63, 3.8) is 0 Å². The highest BCUT2D eigenvalue weighted by Crippen LogP contribution is 2.42. The number of hydrogen-bond donors (Lipinski definition) is 1. The number of rotatable bonds is 1. The number of imidazole rings is 1. The van der Waals surface area contributed by atoms with Gasteiger partial charge in [-0.15, -0.1) is 0 Å². The van der Waals surface area contributed by atoms with Crippen LogP contribution in [0.4, 0.5) is 10.3 Å². The van der Waals surface area contributed by atoms with E-state index in [0.717, 1.165) is 31.2 Å². The average molecular weight is 296 g/mol. The zero-order valence-electron chi connectivity index (χ0n) is 11.8. The zero-order valence-corrected chi connectivity index (χ0v) is 12.5. The van der Waals surface area contributed by atoms with Gasteiger partial charge in [0, 0.05) is 12.1 Å². The lowest BCUT2D eigenvalue weighted by molar-refractivity contribution is 0.197. The molecular weight excluding hydrogens is 277 g/mol. The van der Waals surface area contributed by atoms with Gasteiger partial charge < -0.3 is 10.3 Å². The maximum absolute atomic E-state index is 13.5. The Morgan fingerprint density at radius 2 is 2.00 bits per heavy atom. The average Bonchev–Trinajstić information content (AvgIpc) is 2.66. The number of fused-ring (bicyclic) bond motifs is 1. The number of anilines is 1. The third kappa shape index (κ3) is 2.26. The summed E-state index contributed by atoms with van der Waals surface area (Å²) in [6.07, 6.45) is 4.45. The number of nitrogen functional groups attached to an aromatic ring is 1. The molecule has 2 N–H and O–H groups in total. The van der Waals surface area contributed by atoms with Gasteiger partial charge in [-0.05, 0) is 37.2 Å². The SMILES string of the molecule is CC1(C)CCC(n2c(N)nc3cc(F)c(Cl)cc32)CC1. The van der Waals surface area contributed by atoms with Crippen molar-refractivity contribution in [2.45, 2.75) is 45.6 Å². The number of nitrogens with zero attached hydrogens (tertiary/aromatic N) is 2. The minimum absolute atomic E-state index is 0.120. The molecule has 1 aliphatic rings. The summed E-state index contributed by atoms with van der Waals surface area (Å²) < 4.78 is 15.5. The number of nitrogens with two attached hydrogens (primary N) is 1. The fourth-order valence-electron chi connectivity index (χ4n) is 3.14. The predicted molar refractivity (Wildman–Crippen MR) is 80.4 cm³/mol. The lowest BCUT2D eigenvalue weighted by Crippen LogP contribution is -2.24. The molecule has 3 nitrogen and oxygen atoms in total. The van der Waals surface area contributed by atoms with Crippen molar-refractivity contribution in [2.75, 3.05) is 5.73 Å². The van der Waals surface area contributed by atoms with Crippen LogP contribution in [-0.2, 0) is 0 Å². The second-order valence-electron chi connectivity index (χ2n) is 6.49. The molecule has 108 valence electrons. The first kappa shape index (κ1) is 13.7. The Bertz CT molecular complexity index is 653. The molecule has 0 bridgehead atoms. The van der Waals surface area contributed by atoms with Crippen LogP contribution in [0.1, 0.15) is 45.6 Å². The minimum Gasteiger partial charge on any atom is -0.369 e. The topological polar surface area (TPSA) is 43.8 Å².